The Bertz CT molecular complexity index is 917. The number of oxazole rings is 1. The van der Waals surface area contributed by atoms with Crippen molar-refractivity contribution in [2.75, 3.05) is 6.54 Å². The van der Waals surface area contributed by atoms with Crippen LogP contribution in [0.3, 0.4) is 0 Å². The molecule has 1 heterocycles. The van der Waals surface area contributed by atoms with Gasteiger partial charge in [0, 0.05) is 11.1 Å². The van der Waals surface area contributed by atoms with Crippen molar-refractivity contribution < 1.29 is 26.8 Å². The average Bonchev–Trinajstić information content (AvgIpc) is 3.09. The second kappa shape index (κ2) is 6.99. The van der Waals surface area contributed by atoms with Crippen LogP contribution in [0.15, 0.2) is 59.1 Å². The number of carbonyl (C=O) groups excluding carboxylic acids is 1. The predicted molar refractivity (Wildman–Crippen MR) is 85.7 cm³/mol. The van der Waals surface area contributed by atoms with Crippen molar-refractivity contribution in [2.24, 2.45) is 0 Å². The van der Waals surface area contributed by atoms with Gasteiger partial charge in [-0.1, -0.05) is 12.1 Å². The zero-order chi connectivity index (χ0) is 18.7. The summed E-state index contributed by atoms with van der Waals surface area (Å²) in [5, 5.41) is 1.82. The molecule has 0 spiro atoms. The number of nitrogens with zero attached hydrogens (tertiary/aromatic N) is 1. The third-order valence-corrected chi connectivity index (χ3v) is 3.49. The topological polar surface area (TPSA) is 55.1 Å². The molecule has 0 saturated heterocycles. The van der Waals surface area contributed by atoms with E-state index in [4.69, 9.17) is 4.42 Å². The van der Waals surface area contributed by atoms with E-state index in [1.165, 1.54) is 48.7 Å². The molecule has 0 atom stereocenters. The molecule has 26 heavy (non-hydrogen) atoms. The summed E-state index contributed by atoms with van der Waals surface area (Å²) in [5.74, 6) is -0.882. The van der Waals surface area contributed by atoms with Gasteiger partial charge in [-0.2, -0.15) is 13.2 Å². The SMILES string of the molecule is O=C(NCC(F)(F)F)c1ccccc1-c1ncc(-c2ccc(F)cc2)o1. The van der Waals surface area contributed by atoms with E-state index in [-0.39, 0.29) is 17.0 Å². The average molecular weight is 364 g/mol. The second-order valence-electron chi connectivity index (χ2n) is 5.38. The van der Waals surface area contributed by atoms with Gasteiger partial charge in [0.15, 0.2) is 5.76 Å². The molecule has 0 aliphatic heterocycles. The van der Waals surface area contributed by atoms with Gasteiger partial charge in [-0.3, -0.25) is 4.79 Å². The number of benzene rings is 2. The minimum atomic E-state index is -4.51. The summed E-state index contributed by atoms with van der Waals surface area (Å²) in [4.78, 5) is 16.2. The van der Waals surface area contributed by atoms with Crippen molar-refractivity contribution in [3.8, 4) is 22.8 Å². The first-order chi connectivity index (χ1) is 12.3. The van der Waals surface area contributed by atoms with E-state index < -0.39 is 24.4 Å². The fourth-order valence-electron chi connectivity index (χ4n) is 2.29. The molecule has 0 aliphatic rings. The fourth-order valence-corrected chi connectivity index (χ4v) is 2.29. The van der Waals surface area contributed by atoms with Crippen molar-refractivity contribution in [3.05, 3.63) is 66.1 Å². The van der Waals surface area contributed by atoms with Crippen molar-refractivity contribution in [1.82, 2.24) is 10.3 Å². The van der Waals surface area contributed by atoms with Crippen LogP contribution in [0, 0.1) is 5.82 Å². The van der Waals surface area contributed by atoms with Crippen molar-refractivity contribution >= 4 is 5.91 Å². The van der Waals surface area contributed by atoms with Gasteiger partial charge in [0.25, 0.3) is 5.91 Å². The van der Waals surface area contributed by atoms with Gasteiger partial charge in [0.1, 0.15) is 12.4 Å². The highest BCUT2D eigenvalue weighted by molar-refractivity contribution is 6.00. The summed E-state index contributed by atoms with van der Waals surface area (Å²) in [6.45, 7) is -1.44. The summed E-state index contributed by atoms with van der Waals surface area (Å²) in [7, 11) is 0. The van der Waals surface area contributed by atoms with Gasteiger partial charge in [0.2, 0.25) is 5.89 Å². The first kappa shape index (κ1) is 17.7. The maximum atomic E-state index is 13.0. The minimum Gasteiger partial charge on any atom is -0.436 e. The molecule has 0 fully saturated rings. The Balaban J connectivity index is 1.88. The Morgan fingerprint density at radius 2 is 1.77 bits per heavy atom. The van der Waals surface area contributed by atoms with Crippen LogP contribution in [-0.4, -0.2) is 23.6 Å². The Hall–Kier alpha value is -3.16. The minimum absolute atomic E-state index is 0.00394. The molecule has 0 aliphatic carbocycles. The van der Waals surface area contributed by atoms with E-state index >= 15 is 0 Å². The molecule has 1 N–H and O–H groups in total. The lowest BCUT2D eigenvalue weighted by molar-refractivity contribution is -0.123. The van der Waals surface area contributed by atoms with Crippen LogP contribution >= 0.6 is 0 Å². The maximum Gasteiger partial charge on any atom is 0.405 e. The van der Waals surface area contributed by atoms with E-state index in [1.807, 2.05) is 5.32 Å². The van der Waals surface area contributed by atoms with Crippen LogP contribution in [0.1, 0.15) is 10.4 Å². The highest BCUT2D eigenvalue weighted by Gasteiger charge is 2.28. The molecule has 0 unspecified atom stereocenters. The summed E-state index contributed by atoms with van der Waals surface area (Å²) in [5.41, 5.74) is 0.828. The zero-order valence-electron chi connectivity index (χ0n) is 13.2. The number of aromatic nitrogens is 1. The predicted octanol–water partition coefficient (Wildman–Crippen LogP) is 4.44. The number of rotatable bonds is 4. The van der Waals surface area contributed by atoms with Gasteiger partial charge < -0.3 is 9.73 Å². The number of hydrogen-bond donors (Lipinski definition) is 1. The van der Waals surface area contributed by atoms with Crippen LogP contribution in [0.25, 0.3) is 22.8 Å². The van der Waals surface area contributed by atoms with Crippen LogP contribution < -0.4 is 5.32 Å². The summed E-state index contributed by atoms with van der Waals surface area (Å²) in [6.07, 6.45) is -3.11. The molecule has 1 amide bonds. The lowest BCUT2D eigenvalue weighted by atomic mass is 10.1. The Kier molecular flexibility index (Phi) is 4.75. The van der Waals surface area contributed by atoms with Crippen molar-refractivity contribution in [3.63, 3.8) is 0 Å². The first-order valence-electron chi connectivity index (χ1n) is 7.49. The van der Waals surface area contributed by atoms with E-state index in [1.54, 1.807) is 6.07 Å². The van der Waals surface area contributed by atoms with Gasteiger partial charge >= 0.3 is 6.18 Å². The standard InChI is InChI=1S/C18H12F4N2O2/c19-12-7-5-11(6-8-12)15-9-23-17(26-15)14-4-2-1-3-13(14)16(25)24-10-18(20,21)22/h1-9H,10H2,(H,24,25). The molecule has 3 rings (SSSR count). The number of carbonyl (C=O) groups is 1. The quantitative estimate of drug-likeness (QED) is 0.697. The fraction of sp³-hybridized carbons (Fsp3) is 0.111. The number of alkyl halides is 3. The maximum absolute atomic E-state index is 13.0. The number of hydrogen-bond acceptors (Lipinski definition) is 3. The third-order valence-electron chi connectivity index (χ3n) is 3.49. The van der Waals surface area contributed by atoms with Gasteiger partial charge in [0.05, 0.1) is 11.8 Å². The number of amides is 1. The van der Waals surface area contributed by atoms with E-state index in [2.05, 4.69) is 4.98 Å². The van der Waals surface area contributed by atoms with Crippen LogP contribution in [0.5, 0.6) is 0 Å². The highest BCUT2D eigenvalue weighted by Crippen LogP contribution is 2.28. The summed E-state index contributed by atoms with van der Waals surface area (Å²) >= 11 is 0. The molecule has 8 heteroatoms. The van der Waals surface area contributed by atoms with Crippen molar-refractivity contribution in [2.45, 2.75) is 6.18 Å². The molecule has 134 valence electrons. The summed E-state index contributed by atoms with van der Waals surface area (Å²) in [6, 6.07) is 11.5. The van der Waals surface area contributed by atoms with Crippen LogP contribution in [0.4, 0.5) is 17.6 Å². The van der Waals surface area contributed by atoms with E-state index in [9.17, 15) is 22.4 Å². The monoisotopic (exact) mass is 364 g/mol. The normalized spacial score (nSPS) is 11.4. The largest absolute Gasteiger partial charge is 0.436 e. The third kappa shape index (κ3) is 4.08. The Morgan fingerprint density at radius 3 is 2.46 bits per heavy atom. The molecular formula is C18H12F4N2O2. The Labute approximate surface area is 145 Å². The van der Waals surface area contributed by atoms with E-state index in [0.29, 0.717) is 11.3 Å². The molecular weight excluding hydrogens is 352 g/mol. The molecule has 4 nitrogen and oxygen atoms in total. The van der Waals surface area contributed by atoms with Crippen LogP contribution in [0.2, 0.25) is 0 Å². The molecule has 0 bridgehead atoms. The molecule has 0 radical (unpaired) electrons. The summed E-state index contributed by atoms with van der Waals surface area (Å²) < 4.78 is 55.5. The van der Waals surface area contributed by atoms with Crippen molar-refractivity contribution in [1.29, 1.82) is 0 Å². The first-order valence-corrected chi connectivity index (χ1v) is 7.49. The molecule has 3 aromatic rings. The molecule has 2 aromatic carbocycles. The highest BCUT2D eigenvalue weighted by atomic mass is 19.4. The number of halogens is 4. The second-order valence-corrected chi connectivity index (χ2v) is 5.38. The number of nitrogens with one attached hydrogen (secondary N) is 1. The van der Waals surface area contributed by atoms with Gasteiger partial charge in [-0.15, -0.1) is 0 Å². The molecule has 1 aromatic heterocycles. The molecule has 0 saturated carbocycles. The van der Waals surface area contributed by atoms with Gasteiger partial charge in [-0.05, 0) is 36.4 Å². The Morgan fingerprint density at radius 1 is 1.08 bits per heavy atom. The van der Waals surface area contributed by atoms with Crippen LogP contribution in [-0.2, 0) is 0 Å². The lowest BCUT2D eigenvalue weighted by Crippen LogP contribution is -2.33. The van der Waals surface area contributed by atoms with E-state index in [0.717, 1.165) is 0 Å². The van der Waals surface area contributed by atoms with Gasteiger partial charge in [-0.25, -0.2) is 9.37 Å². The smallest absolute Gasteiger partial charge is 0.405 e. The lowest BCUT2D eigenvalue weighted by Gasteiger charge is -2.10. The zero-order valence-corrected chi connectivity index (χ0v) is 13.2.